The van der Waals surface area contributed by atoms with Crippen LogP contribution in [0.5, 0.6) is 5.75 Å². The average Bonchev–Trinajstić information content (AvgIpc) is 3.08. The first-order valence-electron chi connectivity index (χ1n) is 15.6. The number of fused-ring (bicyclic) bond motifs is 1. The first kappa shape index (κ1) is 31.3. The molecule has 0 aromatic heterocycles. The maximum absolute atomic E-state index is 13.1. The molecular weight excluding hydrogens is 566 g/mol. The molecule has 1 saturated carbocycles. The predicted molar refractivity (Wildman–Crippen MR) is 174 cm³/mol. The van der Waals surface area contributed by atoms with Crippen molar-refractivity contribution in [3.63, 3.8) is 0 Å². The Kier molecular flexibility index (Phi) is 10.2. The van der Waals surface area contributed by atoms with E-state index in [2.05, 4.69) is 30.0 Å². The Morgan fingerprint density at radius 3 is 2.64 bits per heavy atom. The van der Waals surface area contributed by atoms with Gasteiger partial charge in [0.1, 0.15) is 11.4 Å². The number of allylic oxidation sites excluding steroid dienone is 2. The third-order valence-corrected chi connectivity index (χ3v) is 9.66. The number of carbonyl (C=O) groups is 1. The van der Waals surface area contributed by atoms with Gasteiger partial charge in [0.05, 0.1) is 17.9 Å². The number of halogens is 1. The van der Waals surface area contributed by atoms with Crippen LogP contribution in [-0.2, 0) is 11.2 Å². The number of benzene rings is 2. The molecule has 2 aromatic rings. The summed E-state index contributed by atoms with van der Waals surface area (Å²) in [6.45, 7) is 10.3. The molecule has 4 unspecified atom stereocenters. The van der Waals surface area contributed by atoms with Crippen molar-refractivity contribution in [2.24, 2.45) is 17.8 Å². The second kappa shape index (κ2) is 13.7. The van der Waals surface area contributed by atoms with Crippen LogP contribution in [-0.4, -0.2) is 41.6 Å². The van der Waals surface area contributed by atoms with Gasteiger partial charge in [-0.1, -0.05) is 42.7 Å². The van der Waals surface area contributed by atoms with Crippen LogP contribution in [0.1, 0.15) is 93.6 Å². The fourth-order valence-electron chi connectivity index (χ4n) is 6.72. The number of aryl methyl sites for hydroxylation is 1. The van der Waals surface area contributed by atoms with Gasteiger partial charge in [-0.25, -0.2) is 4.79 Å². The number of anilines is 1. The molecule has 1 fully saturated rings. The second-order valence-electron chi connectivity index (χ2n) is 13.4. The monoisotopic (exact) mass is 611 g/mol. The van der Waals surface area contributed by atoms with Gasteiger partial charge >= 0.3 is 5.97 Å². The van der Waals surface area contributed by atoms with Gasteiger partial charge in [0.15, 0.2) is 0 Å². The lowest BCUT2D eigenvalue weighted by molar-refractivity contribution is 0.00695. The number of hydrogen-bond donors (Lipinski definition) is 1. The zero-order valence-electron chi connectivity index (χ0n) is 25.5. The average molecular weight is 612 g/mol. The van der Waals surface area contributed by atoms with E-state index in [4.69, 9.17) is 25.6 Å². The fraction of sp³-hybridized carbons (Fsp3) is 0.571. The number of esters is 1. The van der Waals surface area contributed by atoms with Crippen molar-refractivity contribution in [3.05, 3.63) is 69.8 Å². The first-order valence-corrected chi connectivity index (χ1v) is 16.9. The molecule has 1 aliphatic heterocycles. The van der Waals surface area contributed by atoms with Crippen LogP contribution in [0.2, 0.25) is 5.02 Å². The fourth-order valence-corrected chi connectivity index (χ4v) is 7.32. The molecule has 2 aliphatic carbocycles. The number of rotatable bonds is 11. The summed E-state index contributed by atoms with van der Waals surface area (Å²) in [5.41, 5.74) is 5.19. The zero-order chi connectivity index (χ0) is 29.9. The second-order valence-corrected chi connectivity index (χ2v) is 14.5. The van der Waals surface area contributed by atoms with Crippen LogP contribution in [0.4, 0.5) is 5.69 Å². The molecule has 0 radical (unpaired) electrons. The van der Waals surface area contributed by atoms with Gasteiger partial charge in [-0.15, -0.1) is 0 Å². The number of hydrogen-bond acceptors (Lipinski definition) is 6. The van der Waals surface area contributed by atoms with Crippen molar-refractivity contribution in [2.75, 3.05) is 30.3 Å². The topological polar surface area (TPSA) is 59.0 Å². The smallest absolute Gasteiger partial charge is 0.338 e. The van der Waals surface area contributed by atoms with E-state index < -0.39 is 5.60 Å². The SMILES string of the molecule is CCCc1cc(Cl)ccc1C1COc2ccc(C(=O)OC(C)(C)C)cc2N(CC2CCC2CC2=CC(CCSO)C2)C1. The van der Waals surface area contributed by atoms with Gasteiger partial charge in [0, 0.05) is 29.8 Å². The normalized spacial score (nSPS) is 23.6. The van der Waals surface area contributed by atoms with E-state index in [1.54, 1.807) is 5.57 Å². The summed E-state index contributed by atoms with van der Waals surface area (Å²) in [4.78, 5) is 15.5. The summed E-state index contributed by atoms with van der Waals surface area (Å²) in [7, 11) is 0. The van der Waals surface area contributed by atoms with Crippen molar-refractivity contribution >= 4 is 35.3 Å². The first-order chi connectivity index (χ1) is 20.1. The molecule has 2 aromatic carbocycles. The minimum absolute atomic E-state index is 0.194. The molecule has 0 bridgehead atoms. The highest BCUT2D eigenvalue weighted by Gasteiger charge is 2.36. The van der Waals surface area contributed by atoms with Crippen molar-refractivity contribution in [1.82, 2.24) is 0 Å². The summed E-state index contributed by atoms with van der Waals surface area (Å²) in [6.07, 6.45) is 10.4. The highest BCUT2D eigenvalue weighted by Crippen LogP contribution is 2.45. The van der Waals surface area contributed by atoms with Gasteiger partial charge in [-0.05, 0) is 131 Å². The van der Waals surface area contributed by atoms with E-state index in [9.17, 15) is 4.79 Å². The Hall–Kier alpha value is -2.15. The van der Waals surface area contributed by atoms with Crippen LogP contribution in [0.3, 0.4) is 0 Å². The standard InChI is InChI=1S/C35H46ClNO4S/c1-5-6-26-18-30(36)10-11-31(26)29-21-37(20-28-8-7-25(28)17-24-15-23(16-24)13-14-42-39)32-19-27(9-12-33(32)40-22-29)34(38)41-35(2,3)4/h9-12,15,18-19,23,25,28-29,39H,5-8,13-14,16-17,20-22H2,1-4H3. The van der Waals surface area contributed by atoms with Crippen LogP contribution in [0.25, 0.3) is 0 Å². The molecular formula is C35H46ClNO4S. The van der Waals surface area contributed by atoms with Crippen molar-refractivity contribution in [1.29, 1.82) is 0 Å². The van der Waals surface area contributed by atoms with E-state index in [0.29, 0.717) is 29.9 Å². The van der Waals surface area contributed by atoms with Gasteiger partial charge < -0.3 is 18.9 Å². The maximum atomic E-state index is 13.1. The van der Waals surface area contributed by atoms with Crippen molar-refractivity contribution < 1.29 is 18.8 Å². The molecule has 5 nitrogen and oxygen atoms in total. The molecule has 5 rings (SSSR count). The van der Waals surface area contributed by atoms with E-state index >= 15 is 0 Å². The quantitative estimate of drug-likeness (QED) is 0.155. The highest BCUT2D eigenvalue weighted by atomic mass is 35.5. The molecule has 0 spiro atoms. The zero-order valence-corrected chi connectivity index (χ0v) is 27.1. The van der Waals surface area contributed by atoms with E-state index in [-0.39, 0.29) is 11.9 Å². The lowest BCUT2D eigenvalue weighted by atomic mass is 9.67. The molecule has 7 heteroatoms. The van der Waals surface area contributed by atoms with E-state index in [1.165, 1.54) is 36.8 Å². The summed E-state index contributed by atoms with van der Waals surface area (Å²) in [6, 6.07) is 12.1. The Morgan fingerprint density at radius 2 is 1.95 bits per heavy atom. The number of nitrogens with zero attached hydrogens (tertiary/aromatic N) is 1. The van der Waals surface area contributed by atoms with E-state index in [1.807, 2.05) is 45.0 Å². The molecule has 1 heterocycles. The molecule has 3 aliphatic rings. The number of ether oxygens (including phenoxy) is 2. The third kappa shape index (κ3) is 7.67. The summed E-state index contributed by atoms with van der Waals surface area (Å²) in [5.74, 6) is 3.47. The van der Waals surface area contributed by atoms with Crippen LogP contribution in [0, 0.1) is 17.8 Å². The maximum Gasteiger partial charge on any atom is 0.338 e. The summed E-state index contributed by atoms with van der Waals surface area (Å²) >= 11 is 7.37. The molecule has 4 atom stereocenters. The summed E-state index contributed by atoms with van der Waals surface area (Å²) in [5, 5.41) is 0.777. The minimum atomic E-state index is -0.555. The molecule has 0 saturated heterocycles. The minimum Gasteiger partial charge on any atom is -0.491 e. The van der Waals surface area contributed by atoms with Gasteiger partial charge in [0.2, 0.25) is 0 Å². The highest BCUT2D eigenvalue weighted by molar-refractivity contribution is 7.93. The molecule has 0 amide bonds. The van der Waals surface area contributed by atoms with E-state index in [0.717, 1.165) is 66.6 Å². The number of carbonyl (C=O) groups excluding carboxylic acids is 1. The largest absolute Gasteiger partial charge is 0.491 e. The summed E-state index contributed by atoms with van der Waals surface area (Å²) < 4.78 is 21.3. The molecule has 228 valence electrons. The van der Waals surface area contributed by atoms with Crippen LogP contribution >= 0.6 is 23.6 Å². The van der Waals surface area contributed by atoms with Crippen LogP contribution in [0.15, 0.2) is 48.0 Å². The third-order valence-electron chi connectivity index (χ3n) is 9.01. The van der Waals surface area contributed by atoms with Gasteiger partial charge in [-0.3, -0.25) is 0 Å². The van der Waals surface area contributed by atoms with Gasteiger partial charge in [-0.2, -0.15) is 0 Å². The predicted octanol–water partition coefficient (Wildman–Crippen LogP) is 9.19. The van der Waals surface area contributed by atoms with Crippen molar-refractivity contribution in [2.45, 2.75) is 84.2 Å². The van der Waals surface area contributed by atoms with Crippen molar-refractivity contribution in [3.8, 4) is 5.75 Å². The van der Waals surface area contributed by atoms with Gasteiger partial charge in [0.25, 0.3) is 0 Å². The lowest BCUT2D eigenvalue weighted by Gasteiger charge is -2.43. The Labute approximate surface area is 261 Å². The Bertz CT molecular complexity index is 1290. The van der Waals surface area contributed by atoms with Crippen LogP contribution < -0.4 is 9.64 Å². The Balaban J connectivity index is 1.39. The molecule has 1 N–H and O–H groups in total. The Morgan fingerprint density at radius 1 is 1.17 bits per heavy atom. The molecule has 42 heavy (non-hydrogen) atoms. The lowest BCUT2D eigenvalue weighted by Crippen LogP contribution is -2.40.